The van der Waals surface area contributed by atoms with E-state index in [1.807, 2.05) is 50.9 Å². The number of ether oxygens (including phenoxy) is 1. The predicted molar refractivity (Wildman–Crippen MR) is 91.2 cm³/mol. The van der Waals surface area contributed by atoms with Gasteiger partial charge >= 0.3 is 6.09 Å². The van der Waals surface area contributed by atoms with Gasteiger partial charge in [0.15, 0.2) is 0 Å². The number of halogens is 1. The fourth-order valence-corrected chi connectivity index (χ4v) is 2.94. The second kappa shape index (κ2) is 6.86. The average molecular weight is 370 g/mol. The molecule has 22 heavy (non-hydrogen) atoms. The summed E-state index contributed by atoms with van der Waals surface area (Å²) in [5.41, 5.74) is -0.456. The van der Waals surface area contributed by atoms with Gasteiger partial charge in [-0.25, -0.2) is 9.78 Å². The Labute approximate surface area is 140 Å². The minimum Gasteiger partial charge on any atom is -0.444 e. The van der Waals surface area contributed by atoms with Crippen LogP contribution in [0, 0.1) is 0 Å². The first-order valence-electron chi connectivity index (χ1n) is 7.59. The Kier molecular flexibility index (Phi) is 5.32. The largest absolute Gasteiger partial charge is 0.444 e. The lowest BCUT2D eigenvalue weighted by molar-refractivity contribution is 0.0232. The second-order valence-corrected chi connectivity index (χ2v) is 7.48. The van der Waals surface area contributed by atoms with E-state index < -0.39 is 5.60 Å². The third kappa shape index (κ3) is 4.60. The van der Waals surface area contributed by atoms with E-state index in [1.54, 1.807) is 0 Å². The third-order valence-electron chi connectivity index (χ3n) is 3.58. The fourth-order valence-electron chi connectivity index (χ4n) is 2.61. The van der Waals surface area contributed by atoms with Crippen molar-refractivity contribution in [3.8, 4) is 0 Å². The van der Waals surface area contributed by atoms with Gasteiger partial charge in [-0.15, -0.1) is 0 Å². The van der Waals surface area contributed by atoms with E-state index in [-0.39, 0.29) is 12.1 Å². The molecule has 2 heterocycles. The van der Waals surface area contributed by atoms with Crippen molar-refractivity contribution in [1.29, 1.82) is 0 Å². The zero-order valence-electron chi connectivity index (χ0n) is 13.7. The number of likely N-dealkylation sites (tertiary alicyclic amines) is 1. The van der Waals surface area contributed by atoms with E-state index in [4.69, 9.17) is 4.74 Å². The summed E-state index contributed by atoms with van der Waals surface area (Å²) in [7, 11) is 2.00. The molecule has 0 bridgehead atoms. The topological polar surface area (TPSA) is 45.7 Å². The fraction of sp³-hybridized carbons (Fsp3) is 0.625. The van der Waals surface area contributed by atoms with Gasteiger partial charge in [0.05, 0.1) is 6.04 Å². The summed E-state index contributed by atoms with van der Waals surface area (Å²) in [5.74, 6) is 0.894. The Morgan fingerprint density at radius 3 is 2.86 bits per heavy atom. The number of amides is 1. The van der Waals surface area contributed by atoms with E-state index in [0.717, 1.165) is 36.4 Å². The summed E-state index contributed by atoms with van der Waals surface area (Å²) in [4.78, 5) is 20.7. The zero-order chi connectivity index (χ0) is 16.3. The number of hydrogen-bond acceptors (Lipinski definition) is 4. The minimum atomic E-state index is -0.456. The van der Waals surface area contributed by atoms with Gasteiger partial charge in [-0.1, -0.05) is 6.07 Å². The summed E-state index contributed by atoms with van der Waals surface area (Å²) in [5, 5.41) is 0. The molecule has 1 unspecified atom stereocenters. The molecule has 6 heteroatoms. The molecular formula is C16H24BrN3O2. The molecule has 1 aromatic rings. The molecule has 1 aliphatic heterocycles. The lowest BCUT2D eigenvalue weighted by atomic mass is 10.2. The molecule has 1 amide bonds. The Bertz CT molecular complexity index is 530. The van der Waals surface area contributed by atoms with Crippen molar-refractivity contribution >= 4 is 27.8 Å². The van der Waals surface area contributed by atoms with E-state index in [0.29, 0.717) is 0 Å². The lowest BCUT2D eigenvalue weighted by Gasteiger charge is -2.31. The van der Waals surface area contributed by atoms with E-state index in [9.17, 15) is 4.79 Å². The van der Waals surface area contributed by atoms with Crippen LogP contribution in [0.25, 0.3) is 0 Å². The van der Waals surface area contributed by atoms with Crippen LogP contribution in [-0.4, -0.2) is 47.8 Å². The predicted octanol–water partition coefficient (Wildman–Crippen LogP) is 3.68. The molecule has 0 N–H and O–H groups in total. The highest BCUT2D eigenvalue weighted by Gasteiger charge is 2.32. The Balaban J connectivity index is 2.00. The number of nitrogens with zero attached hydrogens (tertiary/aromatic N) is 3. The van der Waals surface area contributed by atoms with Gasteiger partial charge in [0, 0.05) is 20.1 Å². The summed E-state index contributed by atoms with van der Waals surface area (Å²) in [6, 6.07) is 6.00. The Morgan fingerprint density at radius 2 is 2.23 bits per heavy atom. The molecule has 1 atom stereocenters. The molecule has 0 spiro atoms. The maximum atomic E-state index is 12.3. The first-order valence-corrected chi connectivity index (χ1v) is 8.39. The molecule has 2 rings (SSSR count). The van der Waals surface area contributed by atoms with Crippen LogP contribution in [0.15, 0.2) is 22.8 Å². The summed E-state index contributed by atoms with van der Waals surface area (Å²) in [6.45, 7) is 7.20. The number of hydrogen-bond donors (Lipinski definition) is 0. The van der Waals surface area contributed by atoms with Crippen LogP contribution >= 0.6 is 15.9 Å². The number of rotatable bonds is 3. The quantitative estimate of drug-likeness (QED) is 0.762. The van der Waals surface area contributed by atoms with Gasteiger partial charge in [-0.2, -0.15) is 0 Å². The molecule has 0 radical (unpaired) electrons. The van der Waals surface area contributed by atoms with Crippen LogP contribution in [0.4, 0.5) is 10.6 Å². The number of carbonyl (C=O) groups excluding carboxylic acids is 1. The molecule has 0 saturated carbocycles. The van der Waals surface area contributed by atoms with Crippen molar-refractivity contribution in [2.75, 3.05) is 25.0 Å². The highest BCUT2D eigenvalue weighted by molar-refractivity contribution is 9.10. The second-order valence-electron chi connectivity index (χ2n) is 6.67. The number of pyridine rings is 1. The van der Waals surface area contributed by atoms with Crippen LogP contribution in [0.3, 0.4) is 0 Å². The summed E-state index contributed by atoms with van der Waals surface area (Å²) < 4.78 is 6.32. The highest BCUT2D eigenvalue weighted by atomic mass is 79.9. The normalized spacial score (nSPS) is 18.4. The monoisotopic (exact) mass is 369 g/mol. The third-order valence-corrected chi connectivity index (χ3v) is 4.02. The van der Waals surface area contributed by atoms with Crippen molar-refractivity contribution in [3.63, 3.8) is 0 Å². The summed E-state index contributed by atoms with van der Waals surface area (Å²) >= 11 is 3.39. The average Bonchev–Trinajstić information content (AvgIpc) is 2.85. The molecule has 1 aliphatic rings. The van der Waals surface area contributed by atoms with Crippen molar-refractivity contribution in [2.24, 2.45) is 0 Å². The SMILES string of the molecule is CN(CC1CCCN1C(=O)OC(C)(C)C)c1cccc(Br)n1. The molecule has 5 nitrogen and oxygen atoms in total. The molecule has 0 aromatic carbocycles. The van der Waals surface area contributed by atoms with Gasteiger partial charge < -0.3 is 14.5 Å². The number of carbonyl (C=O) groups is 1. The maximum Gasteiger partial charge on any atom is 0.410 e. The standard InChI is InChI=1S/C16H24BrN3O2/c1-16(2,3)22-15(21)20-10-6-7-12(20)11-19(4)14-9-5-8-13(17)18-14/h5,8-9,12H,6-7,10-11H2,1-4H3. The lowest BCUT2D eigenvalue weighted by Crippen LogP contribution is -2.44. The van der Waals surface area contributed by atoms with Gasteiger partial charge in [0.2, 0.25) is 0 Å². The first kappa shape index (κ1) is 17.1. The van der Waals surface area contributed by atoms with Crippen LogP contribution < -0.4 is 4.90 Å². The van der Waals surface area contributed by atoms with Crippen molar-refractivity contribution in [2.45, 2.75) is 45.3 Å². The minimum absolute atomic E-state index is 0.167. The van der Waals surface area contributed by atoms with Crippen molar-refractivity contribution in [3.05, 3.63) is 22.8 Å². The van der Waals surface area contributed by atoms with E-state index in [2.05, 4.69) is 25.8 Å². The van der Waals surface area contributed by atoms with Gasteiger partial charge in [0.25, 0.3) is 0 Å². The zero-order valence-corrected chi connectivity index (χ0v) is 15.3. The molecule has 122 valence electrons. The van der Waals surface area contributed by atoms with Crippen LogP contribution in [0.5, 0.6) is 0 Å². The van der Waals surface area contributed by atoms with Crippen LogP contribution in [0.2, 0.25) is 0 Å². The van der Waals surface area contributed by atoms with Crippen molar-refractivity contribution in [1.82, 2.24) is 9.88 Å². The number of likely N-dealkylation sites (N-methyl/N-ethyl adjacent to an activating group) is 1. The smallest absolute Gasteiger partial charge is 0.410 e. The molecule has 1 fully saturated rings. The van der Waals surface area contributed by atoms with Crippen molar-refractivity contribution < 1.29 is 9.53 Å². The van der Waals surface area contributed by atoms with Crippen LogP contribution in [-0.2, 0) is 4.74 Å². The van der Waals surface area contributed by atoms with E-state index in [1.165, 1.54) is 0 Å². The maximum absolute atomic E-state index is 12.3. The Hall–Kier alpha value is -1.30. The number of anilines is 1. The molecule has 1 aromatic heterocycles. The molecular weight excluding hydrogens is 346 g/mol. The first-order chi connectivity index (χ1) is 10.3. The highest BCUT2D eigenvalue weighted by Crippen LogP contribution is 2.23. The van der Waals surface area contributed by atoms with E-state index >= 15 is 0 Å². The Morgan fingerprint density at radius 1 is 1.50 bits per heavy atom. The number of aromatic nitrogens is 1. The summed E-state index contributed by atoms with van der Waals surface area (Å²) in [6.07, 6.45) is 1.80. The molecule has 1 saturated heterocycles. The molecule has 0 aliphatic carbocycles. The van der Waals surface area contributed by atoms with Gasteiger partial charge in [-0.05, 0) is 61.7 Å². The van der Waals surface area contributed by atoms with Crippen LogP contribution in [0.1, 0.15) is 33.6 Å². The van der Waals surface area contributed by atoms with Gasteiger partial charge in [-0.3, -0.25) is 0 Å². The van der Waals surface area contributed by atoms with Gasteiger partial charge in [0.1, 0.15) is 16.0 Å².